The van der Waals surface area contributed by atoms with E-state index in [9.17, 15) is 0 Å². The monoisotopic (exact) mass is 459 g/mol. The molecule has 3 nitrogen and oxygen atoms in total. The maximum Gasteiger partial charge on any atom is 0.180 e. The highest BCUT2D eigenvalue weighted by molar-refractivity contribution is 9.10. The molecule has 3 aromatic carbocycles. The second-order valence-corrected chi connectivity index (χ2v) is 7.80. The molecule has 0 radical (unpaired) electrons. The van der Waals surface area contributed by atoms with E-state index in [1.807, 2.05) is 43.3 Å². The van der Waals surface area contributed by atoms with Crippen LogP contribution in [0.2, 0.25) is 5.02 Å². The second-order valence-electron chi connectivity index (χ2n) is 6.47. The highest BCUT2D eigenvalue weighted by atomic mass is 79.9. The lowest BCUT2D eigenvalue weighted by molar-refractivity contribution is 0.269. The normalized spacial score (nSPS) is 10.6. The van der Waals surface area contributed by atoms with E-state index in [1.165, 1.54) is 5.56 Å². The van der Waals surface area contributed by atoms with Crippen molar-refractivity contribution in [2.24, 2.45) is 0 Å². The maximum absolute atomic E-state index is 6.52. The van der Waals surface area contributed by atoms with Crippen LogP contribution in [0.4, 0.5) is 5.69 Å². The topological polar surface area (TPSA) is 30.5 Å². The number of aryl methyl sites for hydroxylation is 1. The highest BCUT2D eigenvalue weighted by Gasteiger charge is 2.13. The molecular formula is C23H23BrClNO2. The molecule has 0 atom stereocenters. The fourth-order valence-electron chi connectivity index (χ4n) is 2.74. The lowest BCUT2D eigenvalue weighted by Gasteiger charge is -2.16. The molecule has 0 saturated carbocycles. The van der Waals surface area contributed by atoms with Crippen LogP contribution in [-0.2, 0) is 13.2 Å². The first-order chi connectivity index (χ1) is 13.5. The van der Waals surface area contributed by atoms with Gasteiger partial charge in [-0.15, -0.1) is 0 Å². The van der Waals surface area contributed by atoms with E-state index in [2.05, 4.69) is 52.4 Å². The first-order valence-corrected chi connectivity index (χ1v) is 10.3. The molecule has 5 heteroatoms. The lowest BCUT2D eigenvalue weighted by atomic mass is 10.1. The molecule has 0 heterocycles. The first kappa shape index (κ1) is 20.6. The predicted molar refractivity (Wildman–Crippen MR) is 120 cm³/mol. The van der Waals surface area contributed by atoms with Crippen molar-refractivity contribution in [3.8, 4) is 11.5 Å². The van der Waals surface area contributed by atoms with Gasteiger partial charge in [0.2, 0.25) is 0 Å². The van der Waals surface area contributed by atoms with Crippen LogP contribution in [0.3, 0.4) is 0 Å². The van der Waals surface area contributed by atoms with Crippen molar-refractivity contribution in [3.63, 3.8) is 0 Å². The lowest BCUT2D eigenvalue weighted by Crippen LogP contribution is -2.04. The predicted octanol–water partition coefficient (Wildman–Crippen LogP) is 7.00. The van der Waals surface area contributed by atoms with Crippen molar-refractivity contribution < 1.29 is 9.47 Å². The smallest absolute Gasteiger partial charge is 0.180 e. The standard InChI is InChI=1S/C23H23BrClNO2/c1-3-27-22-13-18(14-26-20-10-4-16(2)5-11-20)12-21(25)23(22)28-15-17-6-8-19(24)9-7-17/h4-13,26H,3,14-15H2,1-2H3. The molecule has 28 heavy (non-hydrogen) atoms. The molecule has 0 fully saturated rings. The third-order valence-electron chi connectivity index (χ3n) is 4.21. The minimum absolute atomic E-state index is 0.425. The van der Waals surface area contributed by atoms with Crippen molar-refractivity contribution in [1.29, 1.82) is 0 Å². The zero-order chi connectivity index (χ0) is 19.9. The van der Waals surface area contributed by atoms with Gasteiger partial charge >= 0.3 is 0 Å². The Bertz CT molecular complexity index is 911. The van der Waals surface area contributed by atoms with Gasteiger partial charge in [0.25, 0.3) is 0 Å². The fourth-order valence-corrected chi connectivity index (χ4v) is 3.29. The van der Waals surface area contributed by atoms with E-state index in [1.54, 1.807) is 0 Å². The molecule has 0 bridgehead atoms. The Kier molecular flexibility index (Phi) is 7.24. The van der Waals surface area contributed by atoms with Crippen molar-refractivity contribution in [2.45, 2.75) is 27.0 Å². The molecule has 0 aromatic heterocycles. The number of rotatable bonds is 8. The highest BCUT2D eigenvalue weighted by Crippen LogP contribution is 2.37. The van der Waals surface area contributed by atoms with Gasteiger partial charge in [-0.2, -0.15) is 0 Å². The summed E-state index contributed by atoms with van der Waals surface area (Å²) >= 11 is 9.96. The quantitative estimate of drug-likeness (QED) is 0.392. The van der Waals surface area contributed by atoms with Gasteiger partial charge < -0.3 is 14.8 Å². The van der Waals surface area contributed by atoms with Crippen molar-refractivity contribution >= 4 is 33.2 Å². The number of halogens is 2. The summed E-state index contributed by atoms with van der Waals surface area (Å²) in [7, 11) is 0. The average molecular weight is 461 g/mol. The van der Waals surface area contributed by atoms with Crippen LogP contribution >= 0.6 is 27.5 Å². The minimum atomic E-state index is 0.425. The molecule has 0 aliphatic heterocycles. The maximum atomic E-state index is 6.52. The summed E-state index contributed by atoms with van der Waals surface area (Å²) in [6, 6.07) is 20.2. The Labute approximate surface area is 179 Å². The van der Waals surface area contributed by atoms with Gasteiger partial charge in [-0.25, -0.2) is 0 Å². The number of ether oxygens (including phenoxy) is 2. The number of benzene rings is 3. The van der Waals surface area contributed by atoms with Crippen molar-refractivity contribution in [1.82, 2.24) is 0 Å². The summed E-state index contributed by atoms with van der Waals surface area (Å²) in [5.41, 5.74) is 4.39. The summed E-state index contributed by atoms with van der Waals surface area (Å²) < 4.78 is 12.8. The van der Waals surface area contributed by atoms with Crippen LogP contribution in [0, 0.1) is 6.92 Å². The molecule has 0 saturated heterocycles. The molecule has 3 aromatic rings. The van der Waals surface area contributed by atoms with Gasteiger partial charge in [0.15, 0.2) is 11.5 Å². The average Bonchev–Trinajstić information content (AvgIpc) is 2.68. The fraction of sp³-hybridized carbons (Fsp3) is 0.217. The van der Waals surface area contributed by atoms with Crippen LogP contribution in [0.1, 0.15) is 23.6 Å². The van der Waals surface area contributed by atoms with Gasteiger partial charge in [0.1, 0.15) is 6.61 Å². The number of hydrogen-bond donors (Lipinski definition) is 1. The number of hydrogen-bond acceptors (Lipinski definition) is 3. The molecule has 1 N–H and O–H groups in total. The van der Waals surface area contributed by atoms with Crippen LogP contribution in [-0.4, -0.2) is 6.61 Å². The largest absolute Gasteiger partial charge is 0.490 e. The third kappa shape index (κ3) is 5.66. The summed E-state index contributed by atoms with van der Waals surface area (Å²) in [4.78, 5) is 0. The number of nitrogens with one attached hydrogen (secondary N) is 1. The van der Waals surface area contributed by atoms with Crippen LogP contribution < -0.4 is 14.8 Å². The summed E-state index contributed by atoms with van der Waals surface area (Å²) in [6.45, 7) is 5.64. The van der Waals surface area contributed by atoms with Crippen molar-refractivity contribution in [2.75, 3.05) is 11.9 Å². The zero-order valence-electron chi connectivity index (χ0n) is 16.0. The molecular weight excluding hydrogens is 438 g/mol. The third-order valence-corrected chi connectivity index (χ3v) is 5.02. The number of anilines is 1. The van der Waals surface area contributed by atoms with E-state index in [4.69, 9.17) is 21.1 Å². The molecule has 0 aliphatic rings. The van der Waals surface area contributed by atoms with Crippen LogP contribution in [0.25, 0.3) is 0 Å². The molecule has 146 valence electrons. The minimum Gasteiger partial charge on any atom is -0.490 e. The first-order valence-electron chi connectivity index (χ1n) is 9.18. The molecule has 0 unspecified atom stereocenters. The van der Waals surface area contributed by atoms with E-state index in [0.29, 0.717) is 36.3 Å². The molecule has 0 amide bonds. The van der Waals surface area contributed by atoms with E-state index in [-0.39, 0.29) is 0 Å². The van der Waals surface area contributed by atoms with Crippen molar-refractivity contribution in [3.05, 3.63) is 86.8 Å². The SMILES string of the molecule is CCOc1cc(CNc2ccc(C)cc2)cc(Cl)c1OCc1ccc(Br)cc1. The molecule has 0 spiro atoms. The Morgan fingerprint density at radius 1 is 0.929 bits per heavy atom. The Morgan fingerprint density at radius 2 is 1.64 bits per heavy atom. The van der Waals surface area contributed by atoms with Gasteiger partial charge in [0.05, 0.1) is 11.6 Å². The van der Waals surface area contributed by atoms with Crippen LogP contribution in [0.15, 0.2) is 65.1 Å². The Morgan fingerprint density at radius 3 is 2.32 bits per heavy atom. The zero-order valence-corrected chi connectivity index (χ0v) is 18.3. The van der Waals surface area contributed by atoms with E-state index < -0.39 is 0 Å². The Hall–Kier alpha value is -2.17. The molecule has 0 aliphatic carbocycles. The van der Waals surface area contributed by atoms with E-state index >= 15 is 0 Å². The summed E-state index contributed by atoms with van der Waals surface area (Å²) in [6.07, 6.45) is 0. The van der Waals surface area contributed by atoms with Gasteiger partial charge in [0, 0.05) is 16.7 Å². The second kappa shape index (κ2) is 9.85. The summed E-state index contributed by atoms with van der Waals surface area (Å²) in [5.74, 6) is 1.23. The van der Waals surface area contributed by atoms with Gasteiger partial charge in [-0.3, -0.25) is 0 Å². The Balaban J connectivity index is 1.73. The van der Waals surface area contributed by atoms with E-state index in [0.717, 1.165) is 21.3 Å². The molecule has 3 rings (SSSR count). The van der Waals surface area contributed by atoms with Crippen LogP contribution in [0.5, 0.6) is 11.5 Å². The van der Waals surface area contributed by atoms with Gasteiger partial charge in [-0.05, 0) is 61.4 Å². The van der Waals surface area contributed by atoms with Gasteiger partial charge in [-0.1, -0.05) is 57.4 Å². The summed E-state index contributed by atoms with van der Waals surface area (Å²) in [5, 5.41) is 3.95.